The Labute approximate surface area is 180 Å². The fourth-order valence-electron chi connectivity index (χ4n) is 4.96. The van der Waals surface area contributed by atoms with Crippen LogP contribution in [0.15, 0.2) is 47.5 Å². The Morgan fingerprint density at radius 2 is 2.03 bits per heavy atom. The minimum absolute atomic E-state index is 0.0554. The van der Waals surface area contributed by atoms with Crippen molar-refractivity contribution in [2.45, 2.75) is 38.8 Å². The largest absolute Gasteiger partial charge is 0.361 e. The summed E-state index contributed by atoms with van der Waals surface area (Å²) in [6.45, 7) is 3.39. The molecule has 31 heavy (non-hydrogen) atoms. The molecule has 3 aromatic rings. The number of H-pyrrole nitrogens is 1. The summed E-state index contributed by atoms with van der Waals surface area (Å²) in [7, 11) is 0. The number of benzene rings is 1. The molecule has 0 saturated carbocycles. The van der Waals surface area contributed by atoms with Crippen LogP contribution >= 0.6 is 0 Å². The second kappa shape index (κ2) is 7.72. The maximum atomic E-state index is 13.3. The number of amides is 2. The molecule has 5 rings (SSSR count). The second-order valence-electron chi connectivity index (χ2n) is 8.66. The first-order valence-corrected chi connectivity index (χ1v) is 10.8. The number of fused-ring (bicyclic) bond motifs is 2. The van der Waals surface area contributed by atoms with Crippen molar-refractivity contribution in [3.8, 4) is 0 Å². The third-order valence-electron chi connectivity index (χ3n) is 6.70. The molecule has 4 heterocycles. The number of carbonyl (C=O) groups excluding carboxylic acids is 2. The van der Waals surface area contributed by atoms with Crippen LogP contribution in [-0.2, 0) is 17.8 Å². The van der Waals surface area contributed by atoms with Gasteiger partial charge < -0.3 is 19.8 Å². The van der Waals surface area contributed by atoms with E-state index in [1.54, 1.807) is 15.7 Å². The molecule has 7 heteroatoms. The van der Waals surface area contributed by atoms with E-state index in [9.17, 15) is 14.4 Å². The van der Waals surface area contributed by atoms with E-state index in [0.29, 0.717) is 38.0 Å². The number of aryl methyl sites for hydroxylation is 3. The summed E-state index contributed by atoms with van der Waals surface area (Å²) in [5.41, 5.74) is 2.93. The highest BCUT2D eigenvalue weighted by Gasteiger charge is 2.38. The quantitative estimate of drug-likeness (QED) is 0.681. The van der Waals surface area contributed by atoms with Crippen molar-refractivity contribution in [3.63, 3.8) is 0 Å². The van der Waals surface area contributed by atoms with Crippen LogP contribution in [0.5, 0.6) is 0 Å². The highest BCUT2D eigenvalue weighted by molar-refractivity contribution is 5.95. The molecule has 0 spiro atoms. The van der Waals surface area contributed by atoms with E-state index in [0.717, 1.165) is 22.9 Å². The number of pyridine rings is 1. The standard InChI is InChI=1S/C24H26N4O3/c1-15-6-9-27(10-7-16-13-25-20-5-3-2-4-18(16)20)23(30)22(15)24(31)28-11-8-19-17(14-28)12-21(29)26-19/h2-6,9,13,17,19,25H,7-8,10-12,14H2,1H3,(H,26,29)/t17-,19+/m1/s1. The maximum absolute atomic E-state index is 13.3. The predicted octanol–water partition coefficient (Wildman–Crippen LogP) is 2.23. The Bertz CT molecular complexity index is 1230. The molecular formula is C24H26N4O3. The van der Waals surface area contributed by atoms with Gasteiger partial charge in [-0.2, -0.15) is 0 Å². The van der Waals surface area contributed by atoms with Gasteiger partial charge in [-0.05, 0) is 43.0 Å². The molecule has 7 nitrogen and oxygen atoms in total. The van der Waals surface area contributed by atoms with Gasteiger partial charge in [0, 0.05) is 61.3 Å². The van der Waals surface area contributed by atoms with Crippen molar-refractivity contribution in [2.75, 3.05) is 13.1 Å². The summed E-state index contributed by atoms with van der Waals surface area (Å²) in [6, 6.07) is 10.1. The smallest absolute Gasteiger partial charge is 0.263 e. The summed E-state index contributed by atoms with van der Waals surface area (Å²) < 4.78 is 1.63. The zero-order valence-electron chi connectivity index (χ0n) is 17.6. The molecule has 2 amide bonds. The van der Waals surface area contributed by atoms with E-state index in [2.05, 4.69) is 16.4 Å². The van der Waals surface area contributed by atoms with Crippen LogP contribution in [0.25, 0.3) is 10.9 Å². The van der Waals surface area contributed by atoms with Gasteiger partial charge in [0.05, 0.1) is 0 Å². The van der Waals surface area contributed by atoms with Crippen molar-refractivity contribution in [1.82, 2.24) is 19.8 Å². The number of nitrogens with one attached hydrogen (secondary N) is 2. The molecule has 0 bridgehead atoms. The maximum Gasteiger partial charge on any atom is 0.263 e. The summed E-state index contributed by atoms with van der Waals surface area (Å²) in [6.07, 6.45) is 5.65. The van der Waals surface area contributed by atoms with E-state index in [1.807, 2.05) is 37.4 Å². The van der Waals surface area contributed by atoms with Gasteiger partial charge in [0.15, 0.2) is 0 Å². The van der Waals surface area contributed by atoms with Gasteiger partial charge in [-0.25, -0.2) is 0 Å². The van der Waals surface area contributed by atoms with Crippen molar-refractivity contribution < 1.29 is 9.59 Å². The predicted molar refractivity (Wildman–Crippen MR) is 118 cm³/mol. The Kier molecular flexibility index (Phi) is 4.88. The minimum atomic E-state index is -0.243. The molecule has 0 aliphatic carbocycles. The van der Waals surface area contributed by atoms with Crippen molar-refractivity contribution in [3.05, 3.63) is 69.8 Å². The molecule has 2 N–H and O–H groups in total. The van der Waals surface area contributed by atoms with Crippen LogP contribution < -0.4 is 10.9 Å². The Morgan fingerprint density at radius 1 is 1.19 bits per heavy atom. The van der Waals surface area contributed by atoms with Crippen LogP contribution in [0.1, 0.15) is 34.3 Å². The molecule has 2 fully saturated rings. The normalized spacial score (nSPS) is 20.7. The average molecular weight is 418 g/mol. The lowest BCUT2D eigenvalue weighted by Gasteiger charge is -2.34. The third kappa shape index (κ3) is 3.54. The van der Waals surface area contributed by atoms with E-state index in [-0.39, 0.29) is 34.9 Å². The number of nitrogens with zero attached hydrogens (tertiary/aromatic N) is 2. The number of piperidine rings is 1. The van der Waals surface area contributed by atoms with E-state index >= 15 is 0 Å². The van der Waals surface area contributed by atoms with E-state index in [4.69, 9.17) is 0 Å². The molecule has 2 aromatic heterocycles. The lowest BCUT2D eigenvalue weighted by Crippen LogP contribution is -2.48. The average Bonchev–Trinajstić information content (AvgIpc) is 3.35. The number of carbonyl (C=O) groups is 2. The minimum Gasteiger partial charge on any atom is -0.361 e. The Hall–Kier alpha value is -3.35. The highest BCUT2D eigenvalue weighted by Crippen LogP contribution is 2.26. The second-order valence-corrected chi connectivity index (χ2v) is 8.66. The monoisotopic (exact) mass is 418 g/mol. The van der Waals surface area contributed by atoms with Crippen LogP contribution in [0.2, 0.25) is 0 Å². The number of likely N-dealkylation sites (tertiary alicyclic amines) is 1. The summed E-state index contributed by atoms with van der Waals surface area (Å²) >= 11 is 0. The van der Waals surface area contributed by atoms with Crippen molar-refractivity contribution >= 4 is 22.7 Å². The van der Waals surface area contributed by atoms with Gasteiger partial charge in [-0.1, -0.05) is 18.2 Å². The van der Waals surface area contributed by atoms with Crippen molar-refractivity contribution in [2.24, 2.45) is 5.92 Å². The topological polar surface area (TPSA) is 87.2 Å². The number of aromatic amines is 1. The van der Waals surface area contributed by atoms with E-state index in [1.165, 1.54) is 0 Å². The van der Waals surface area contributed by atoms with Crippen molar-refractivity contribution in [1.29, 1.82) is 0 Å². The molecule has 1 aromatic carbocycles. The third-order valence-corrected chi connectivity index (χ3v) is 6.70. The number of hydrogen-bond acceptors (Lipinski definition) is 3. The molecule has 2 aliphatic heterocycles. The van der Waals surface area contributed by atoms with Crippen LogP contribution in [0.3, 0.4) is 0 Å². The summed E-state index contributed by atoms with van der Waals surface area (Å²) in [5, 5.41) is 4.14. The number of hydrogen-bond donors (Lipinski definition) is 2. The van der Waals surface area contributed by atoms with Gasteiger partial charge in [0.1, 0.15) is 5.56 Å². The lowest BCUT2D eigenvalue weighted by atomic mass is 9.92. The van der Waals surface area contributed by atoms with Gasteiger partial charge in [0.2, 0.25) is 5.91 Å². The molecule has 0 unspecified atom stereocenters. The van der Waals surface area contributed by atoms with Crippen LogP contribution in [0, 0.1) is 12.8 Å². The Morgan fingerprint density at radius 3 is 2.90 bits per heavy atom. The first-order valence-electron chi connectivity index (χ1n) is 10.8. The van der Waals surface area contributed by atoms with Gasteiger partial charge in [0.25, 0.3) is 11.5 Å². The Balaban J connectivity index is 1.36. The number of aromatic nitrogens is 2. The summed E-state index contributed by atoms with van der Waals surface area (Å²) in [5.74, 6) is -0.0279. The SMILES string of the molecule is Cc1ccn(CCc2c[nH]c3ccccc23)c(=O)c1C(=O)N1CC[C@@H]2NC(=O)C[C@@H]2C1. The fourth-order valence-corrected chi connectivity index (χ4v) is 4.96. The zero-order chi connectivity index (χ0) is 21.5. The molecule has 2 aliphatic rings. The van der Waals surface area contributed by atoms with Crippen LogP contribution in [-0.4, -0.2) is 45.4 Å². The molecular weight excluding hydrogens is 392 g/mol. The van der Waals surface area contributed by atoms with Crippen LogP contribution in [0.4, 0.5) is 0 Å². The molecule has 160 valence electrons. The number of rotatable bonds is 4. The molecule has 2 saturated heterocycles. The molecule has 2 atom stereocenters. The zero-order valence-corrected chi connectivity index (χ0v) is 17.6. The fraction of sp³-hybridized carbons (Fsp3) is 0.375. The summed E-state index contributed by atoms with van der Waals surface area (Å²) in [4.78, 5) is 43.2. The highest BCUT2D eigenvalue weighted by atomic mass is 16.2. The van der Waals surface area contributed by atoms with Gasteiger partial charge >= 0.3 is 0 Å². The van der Waals surface area contributed by atoms with Gasteiger partial charge in [-0.15, -0.1) is 0 Å². The lowest BCUT2D eigenvalue weighted by molar-refractivity contribution is -0.119. The first kappa shape index (κ1) is 19.6. The van der Waals surface area contributed by atoms with Gasteiger partial charge in [-0.3, -0.25) is 14.4 Å². The first-order chi connectivity index (χ1) is 15.0. The number of para-hydroxylation sites is 1. The molecule has 0 radical (unpaired) electrons. The van der Waals surface area contributed by atoms with E-state index < -0.39 is 0 Å².